The van der Waals surface area contributed by atoms with E-state index in [0.717, 1.165) is 32.1 Å². The van der Waals surface area contributed by atoms with Gasteiger partial charge in [0, 0.05) is 12.0 Å². The Hall–Kier alpha value is -1.25. The quantitative estimate of drug-likeness (QED) is 0.441. The zero-order valence-electron chi connectivity index (χ0n) is 11.5. The summed E-state index contributed by atoms with van der Waals surface area (Å²) in [5, 5.41) is 0. The van der Waals surface area contributed by atoms with Gasteiger partial charge < -0.3 is 0 Å². The number of halogens is 2. The maximum atomic E-state index is 13.7. The molecule has 106 valence electrons. The summed E-state index contributed by atoms with van der Waals surface area (Å²) in [4.78, 5) is 11.7. The van der Waals surface area contributed by atoms with Crippen LogP contribution in [0.25, 0.3) is 0 Å². The van der Waals surface area contributed by atoms with Gasteiger partial charge in [0.05, 0.1) is 0 Å². The molecule has 0 bridgehead atoms. The predicted molar refractivity (Wildman–Crippen MR) is 73.7 cm³/mol. The number of unbranched alkanes of at least 4 members (excludes halogenated alkanes) is 5. The molecule has 0 fully saturated rings. The Kier molecular flexibility index (Phi) is 6.68. The van der Waals surface area contributed by atoms with Gasteiger partial charge in [0.2, 0.25) is 5.78 Å². The van der Waals surface area contributed by atoms with Crippen molar-refractivity contribution in [1.29, 1.82) is 0 Å². The fourth-order valence-corrected chi connectivity index (χ4v) is 2.04. The number of rotatable bonds is 9. The SMILES string of the molecule is CCCCCCCCC(F)(F)C(=O)c1ccccc1. The second kappa shape index (κ2) is 8.03. The zero-order valence-corrected chi connectivity index (χ0v) is 11.5. The molecule has 0 heterocycles. The molecule has 0 aliphatic carbocycles. The lowest BCUT2D eigenvalue weighted by atomic mass is 10.00. The van der Waals surface area contributed by atoms with Crippen molar-refractivity contribution in [2.24, 2.45) is 0 Å². The molecule has 0 radical (unpaired) electrons. The van der Waals surface area contributed by atoms with Crippen molar-refractivity contribution in [2.75, 3.05) is 0 Å². The third kappa shape index (κ3) is 5.50. The second-order valence-corrected chi connectivity index (χ2v) is 4.92. The van der Waals surface area contributed by atoms with E-state index in [1.807, 2.05) is 0 Å². The van der Waals surface area contributed by atoms with Crippen LogP contribution in [0.1, 0.15) is 62.2 Å². The molecule has 1 aromatic rings. The number of carbonyl (C=O) groups is 1. The van der Waals surface area contributed by atoms with Crippen molar-refractivity contribution in [1.82, 2.24) is 0 Å². The molecule has 0 amide bonds. The number of Topliss-reactive ketones (excluding diaryl/α,β-unsaturated/α-hetero) is 1. The van der Waals surface area contributed by atoms with E-state index in [0.29, 0.717) is 6.42 Å². The van der Waals surface area contributed by atoms with Crippen molar-refractivity contribution in [3.63, 3.8) is 0 Å². The van der Waals surface area contributed by atoms with Crippen LogP contribution in [0.15, 0.2) is 30.3 Å². The molecule has 0 N–H and O–H groups in total. The van der Waals surface area contributed by atoms with E-state index >= 15 is 0 Å². The van der Waals surface area contributed by atoms with E-state index in [4.69, 9.17) is 0 Å². The highest BCUT2D eigenvalue weighted by molar-refractivity contribution is 6.01. The van der Waals surface area contributed by atoms with Crippen LogP contribution in [-0.2, 0) is 0 Å². The van der Waals surface area contributed by atoms with Crippen LogP contribution >= 0.6 is 0 Å². The average Bonchev–Trinajstić information content (AvgIpc) is 2.43. The molecule has 19 heavy (non-hydrogen) atoms. The number of hydrogen-bond donors (Lipinski definition) is 0. The maximum absolute atomic E-state index is 13.7. The minimum absolute atomic E-state index is 0.0958. The molecule has 0 aliphatic heterocycles. The van der Waals surface area contributed by atoms with E-state index < -0.39 is 11.7 Å². The Balaban J connectivity index is 2.37. The van der Waals surface area contributed by atoms with E-state index in [2.05, 4.69) is 6.92 Å². The topological polar surface area (TPSA) is 17.1 Å². The summed E-state index contributed by atoms with van der Waals surface area (Å²) in [7, 11) is 0. The van der Waals surface area contributed by atoms with E-state index in [9.17, 15) is 13.6 Å². The van der Waals surface area contributed by atoms with Gasteiger partial charge in [-0.05, 0) is 6.42 Å². The molecule has 0 saturated carbocycles. The number of hydrogen-bond acceptors (Lipinski definition) is 1. The maximum Gasteiger partial charge on any atom is 0.309 e. The lowest BCUT2D eigenvalue weighted by Crippen LogP contribution is -2.28. The summed E-state index contributed by atoms with van der Waals surface area (Å²) in [5.41, 5.74) is 0.0958. The van der Waals surface area contributed by atoms with Crippen molar-refractivity contribution < 1.29 is 13.6 Å². The van der Waals surface area contributed by atoms with Crippen molar-refractivity contribution >= 4 is 5.78 Å². The Bertz CT molecular complexity index is 374. The summed E-state index contributed by atoms with van der Waals surface area (Å²) >= 11 is 0. The fourth-order valence-electron chi connectivity index (χ4n) is 2.04. The highest BCUT2D eigenvalue weighted by Crippen LogP contribution is 2.26. The van der Waals surface area contributed by atoms with E-state index in [1.165, 1.54) is 12.1 Å². The van der Waals surface area contributed by atoms with Gasteiger partial charge in [-0.3, -0.25) is 4.79 Å². The van der Waals surface area contributed by atoms with Crippen molar-refractivity contribution in [3.05, 3.63) is 35.9 Å². The summed E-state index contributed by atoms with van der Waals surface area (Å²) in [6, 6.07) is 7.81. The number of carbonyl (C=O) groups excluding carboxylic acids is 1. The molecule has 1 rings (SSSR count). The second-order valence-electron chi connectivity index (χ2n) is 4.92. The monoisotopic (exact) mass is 268 g/mol. The first kappa shape index (κ1) is 15.8. The average molecular weight is 268 g/mol. The first-order valence-electron chi connectivity index (χ1n) is 7.05. The summed E-state index contributed by atoms with van der Waals surface area (Å²) in [6.07, 6.45) is 5.21. The van der Waals surface area contributed by atoms with Crippen LogP contribution in [0.2, 0.25) is 0 Å². The standard InChI is InChI=1S/C16H22F2O/c1-2-3-4-5-6-10-13-16(17,18)15(19)14-11-8-7-9-12-14/h7-9,11-12H,2-6,10,13H2,1H3. The molecule has 0 unspecified atom stereocenters. The van der Waals surface area contributed by atoms with Crippen LogP contribution < -0.4 is 0 Å². The van der Waals surface area contributed by atoms with Crippen molar-refractivity contribution in [3.8, 4) is 0 Å². The molecule has 0 atom stereocenters. The lowest BCUT2D eigenvalue weighted by molar-refractivity contribution is 0.00337. The molecular weight excluding hydrogens is 246 g/mol. The van der Waals surface area contributed by atoms with Crippen LogP contribution in [0, 0.1) is 0 Å². The minimum atomic E-state index is -3.23. The molecule has 1 aromatic carbocycles. The lowest BCUT2D eigenvalue weighted by Gasteiger charge is -2.14. The number of ketones is 1. The first-order valence-corrected chi connectivity index (χ1v) is 7.05. The summed E-state index contributed by atoms with van der Waals surface area (Å²) in [6.45, 7) is 2.12. The molecule has 0 spiro atoms. The number of benzene rings is 1. The van der Waals surface area contributed by atoms with Gasteiger partial charge in [0.15, 0.2) is 0 Å². The van der Waals surface area contributed by atoms with Gasteiger partial charge in [-0.15, -0.1) is 0 Å². The van der Waals surface area contributed by atoms with Crippen LogP contribution in [0.4, 0.5) is 8.78 Å². The predicted octanol–water partition coefficient (Wildman–Crippen LogP) is 5.26. The summed E-state index contributed by atoms with van der Waals surface area (Å²) in [5.74, 6) is -4.28. The zero-order chi connectivity index (χ0) is 14.1. The molecule has 0 saturated heterocycles. The van der Waals surface area contributed by atoms with Gasteiger partial charge in [-0.25, -0.2) is 0 Å². The van der Waals surface area contributed by atoms with Gasteiger partial charge >= 0.3 is 5.92 Å². The highest BCUT2D eigenvalue weighted by atomic mass is 19.3. The third-order valence-electron chi connectivity index (χ3n) is 3.21. The Morgan fingerprint density at radius 3 is 2.21 bits per heavy atom. The number of alkyl halides is 2. The van der Waals surface area contributed by atoms with Gasteiger partial charge in [0.25, 0.3) is 0 Å². The molecular formula is C16H22F2O. The Morgan fingerprint density at radius 1 is 1.00 bits per heavy atom. The van der Waals surface area contributed by atoms with Crippen LogP contribution in [0.5, 0.6) is 0 Å². The Labute approximate surface area is 114 Å². The third-order valence-corrected chi connectivity index (χ3v) is 3.21. The summed E-state index contributed by atoms with van der Waals surface area (Å²) < 4.78 is 27.5. The smallest absolute Gasteiger partial charge is 0.287 e. The highest BCUT2D eigenvalue weighted by Gasteiger charge is 2.38. The van der Waals surface area contributed by atoms with Gasteiger partial charge in [-0.1, -0.05) is 69.4 Å². The van der Waals surface area contributed by atoms with E-state index in [-0.39, 0.29) is 12.0 Å². The molecule has 0 aliphatic rings. The first-order chi connectivity index (χ1) is 9.08. The van der Waals surface area contributed by atoms with Gasteiger partial charge in [-0.2, -0.15) is 8.78 Å². The van der Waals surface area contributed by atoms with E-state index in [1.54, 1.807) is 18.2 Å². The normalized spacial score (nSPS) is 11.5. The molecule has 0 aromatic heterocycles. The largest absolute Gasteiger partial charge is 0.309 e. The molecule has 3 heteroatoms. The van der Waals surface area contributed by atoms with Crippen LogP contribution in [0.3, 0.4) is 0 Å². The van der Waals surface area contributed by atoms with Crippen LogP contribution in [-0.4, -0.2) is 11.7 Å². The van der Waals surface area contributed by atoms with Crippen molar-refractivity contribution in [2.45, 2.75) is 57.8 Å². The fraction of sp³-hybridized carbons (Fsp3) is 0.562. The van der Waals surface area contributed by atoms with Gasteiger partial charge in [0.1, 0.15) is 0 Å². The minimum Gasteiger partial charge on any atom is -0.287 e. The Morgan fingerprint density at radius 2 is 1.58 bits per heavy atom. The molecule has 1 nitrogen and oxygen atoms in total.